The number of benzene rings is 3. The SMILES string of the molecule is Cc1cc2c(cc1Cl)C1(OC(=O)c3c(Cl)ccc(Cl)c31)c1cc(Cl)c(OP(=O)(O)O)cc1O2. The molecule has 170 valence electrons. The van der Waals surface area contributed by atoms with Crippen LogP contribution in [0, 0.1) is 6.92 Å². The summed E-state index contributed by atoms with van der Waals surface area (Å²) in [6.45, 7) is 1.76. The number of esters is 1. The Bertz CT molecular complexity index is 1430. The van der Waals surface area contributed by atoms with E-state index in [1.807, 2.05) is 0 Å². The molecule has 2 aliphatic rings. The maximum atomic E-state index is 13.0. The zero-order chi connectivity index (χ0) is 23.9. The fraction of sp³-hybridized carbons (Fsp3) is 0.0952. The van der Waals surface area contributed by atoms with E-state index in [9.17, 15) is 19.1 Å². The Kier molecular flexibility index (Phi) is 5.20. The van der Waals surface area contributed by atoms with Crippen molar-refractivity contribution in [1.82, 2.24) is 0 Å². The second-order valence-electron chi connectivity index (χ2n) is 7.41. The highest BCUT2D eigenvalue weighted by molar-refractivity contribution is 7.46. The molecule has 0 bridgehead atoms. The van der Waals surface area contributed by atoms with Crippen molar-refractivity contribution in [3.8, 4) is 17.2 Å². The summed E-state index contributed by atoms with van der Waals surface area (Å²) < 4.78 is 28.1. The number of halogens is 4. The van der Waals surface area contributed by atoms with Gasteiger partial charge < -0.3 is 14.0 Å². The van der Waals surface area contributed by atoms with Gasteiger partial charge in [-0.25, -0.2) is 9.36 Å². The van der Waals surface area contributed by atoms with E-state index in [1.54, 1.807) is 19.1 Å². The van der Waals surface area contributed by atoms with E-state index in [1.165, 1.54) is 24.3 Å². The summed E-state index contributed by atoms with van der Waals surface area (Å²) in [6, 6.07) is 8.79. The number of rotatable bonds is 2. The second kappa shape index (κ2) is 7.52. The molecular weight excluding hydrogens is 537 g/mol. The number of ether oxygens (including phenoxy) is 2. The maximum Gasteiger partial charge on any atom is 0.524 e. The normalized spacial score (nSPS) is 18.3. The molecule has 33 heavy (non-hydrogen) atoms. The first-order valence-electron chi connectivity index (χ1n) is 9.22. The molecule has 0 fully saturated rings. The lowest BCUT2D eigenvalue weighted by atomic mass is 9.77. The van der Waals surface area contributed by atoms with Gasteiger partial charge in [-0.05, 0) is 42.8 Å². The van der Waals surface area contributed by atoms with Crippen LogP contribution in [0.25, 0.3) is 0 Å². The third-order valence-corrected chi connectivity index (χ3v) is 7.16. The molecule has 0 amide bonds. The van der Waals surface area contributed by atoms with Gasteiger partial charge in [0.1, 0.15) is 11.5 Å². The number of hydrogen-bond acceptors (Lipinski definition) is 5. The molecule has 12 heteroatoms. The van der Waals surface area contributed by atoms with Crippen LogP contribution in [0.4, 0.5) is 0 Å². The molecule has 3 aromatic rings. The Morgan fingerprint density at radius 1 is 0.909 bits per heavy atom. The monoisotopic (exact) mass is 546 g/mol. The summed E-state index contributed by atoms with van der Waals surface area (Å²) in [6.07, 6.45) is 0. The van der Waals surface area contributed by atoms with E-state index in [-0.39, 0.29) is 49.0 Å². The highest BCUT2D eigenvalue weighted by atomic mass is 35.5. The van der Waals surface area contributed by atoms with Crippen molar-refractivity contribution >= 4 is 60.2 Å². The zero-order valence-corrected chi connectivity index (χ0v) is 20.3. The lowest BCUT2D eigenvalue weighted by Gasteiger charge is -2.37. The standard InChI is InChI=1S/C21H11Cl4O7P/c1-8-4-15-9(5-13(8)24)21(19-12(23)3-2-11(22)18(19)20(26)31-21)10-6-14(25)17(7-16(10)30-15)32-33(27,28)29/h2-7H,1H3,(H2,27,28,29). The van der Waals surface area contributed by atoms with Gasteiger partial charge in [0, 0.05) is 32.8 Å². The molecule has 0 saturated heterocycles. The van der Waals surface area contributed by atoms with Crippen molar-refractivity contribution in [3.05, 3.63) is 84.3 Å². The minimum Gasteiger partial charge on any atom is -0.456 e. The van der Waals surface area contributed by atoms with Gasteiger partial charge in [-0.1, -0.05) is 46.4 Å². The van der Waals surface area contributed by atoms with Crippen molar-refractivity contribution in [3.63, 3.8) is 0 Å². The van der Waals surface area contributed by atoms with Crippen LogP contribution in [0.5, 0.6) is 17.2 Å². The highest BCUT2D eigenvalue weighted by Crippen LogP contribution is 2.60. The lowest BCUT2D eigenvalue weighted by molar-refractivity contribution is 0.0224. The molecule has 5 rings (SSSR count). The summed E-state index contributed by atoms with van der Waals surface area (Å²) in [5.41, 5.74) is 0.00423. The van der Waals surface area contributed by atoms with Crippen LogP contribution in [-0.2, 0) is 14.9 Å². The average Bonchev–Trinajstić information content (AvgIpc) is 3.02. The number of carbonyl (C=O) groups excluding carboxylic acids is 1. The Morgan fingerprint density at radius 3 is 2.18 bits per heavy atom. The van der Waals surface area contributed by atoms with Gasteiger partial charge in [-0.15, -0.1) is 0 Å². The van der Waals surface area contributed by atoms with Crippen LogP contribution in [-0.4, -0.2) is 15.8 Å². The number of phosphoric ester groups is 1. The van der Waals surface area contributed by atoms with Crippen LogP contribution < -0.4 is 9.26 Å². The smallest absolute Gasteiger partial charge is 0.456 e. The summed E-state index contributed by atoms with van der Waals surface area (Å²) in [7, 11) is -4.92. The summed E-state index contributed by atoms with van der Waals surface area (Å²) >= 11 is 25.6. The molecule has 2 aliphatic heterocycles. The van der Waals surface area contributed by atoms with Crippen LogP contribution in [0.3, 0.4) is 0 Å². The molecule has 0 aliphatic carbocycles. The first-order chi connectivity index (χ1) is 15.4. The van der Waals surface area contributed by atoms with E-state index in [0.717, 1.165) is 0 Å². The molecule has 2 N–H and O–H groups in total. The molecule has 1 unspecified atom stereocenters. The van der Waals surface area contributed by atoms with Gasteiger partial charge in [0.15, 0.2) is 11.4 Å². The minimum atomic E-state index is -4.92. The van der Waals surface area contributed by atoms with Crippen molar-refractivity contribution < 1.29 is 33.1 Å². The third-order valence-electron chi connectivity index (χ3n) is 5.40. The molecule has 0 saturated carbocycles. The fourth-order valence-corrected chi connectivity index (χ4v) is 5.44. The Hall–Kier alpha value is -1.96. The van der Waals surface area contributed by atoms with Crippen LogP contribution >= 0.6 is 54.2 Å². The van der Waals surface area contributed by atoms with Crippen molar-refractivity contribution in [2.75, 3.05) is 0 Å². The van der Waals surface area contributed by atoms with E-state index >= 15 is 0 Å². The number of fused-ring (bicyclic) bond motifs is 6. The summed E-state index contributed by atoms with van der Waals surface area (Å²) in [4.78, 5) is 31.5. The van der Waals surface area contributed by atoms with Gasteiger partial charge in [0.05, 0.1) is 15.6 Å². The largest absolute Gasteiger partial charge is 0.524 e. The summed E-state index contributed by atoms with van der Waals surface area (Å²) in [5, 5.41) is 0.554. The van der Waals surface area contributed by atoms with E-state index in [2.05, 4.69) is 0 Å². The molecule has 2 heterocycles. The number of hydrogen-bond donors (Lipinski definition) is 2. The quantitative estimate of drug-likeness (QED) is 0.273. The molecule has 0 aromatic heterocycles. The van der Waals surface area contributed by atoms with Gasteiger partial charge in [0.25, 0.3) is 0 Å². The highest BCUT2D eigenvalue weighted by Gasteiger charge is 2.56. The topological polar surface area (TPSA) is 102 Å². The average molecular weight is 548 g/mol. The van der Waals surface area contributed by atoms with Crippen LogP contribution in [0.1, 0.15) is 32.6 Å². The minimum absolute atomic E-state index is 0.0753. The lowest BCUT2D eigenvalue weighted by Crippen LogP contribution is -2.33. The fourth-order valence-electron chi connectivity index (χ4n) is 4.09. The molecular formula is C21H11Cl4O7P. The number of aryl methyl sites for hydroxylation is 1. The maximum absolute atomic E-state index is 13.0. The van der Waals surface area contributed by atoms with Crippen molar-refractivity contribution in [1.29, 1.82) is 0 Å². The molecule has 7 nitrogen and oxygen atoms in total. The summed E-state index contributed by atoms with van der Waals surface area (Å²) in [5.74, 6) is -0.686. The van der Waals surface area contributed by atoms with Crippen LogP contribution in [0.2, 0.25) is 20.1 Å². The zero-order valence-electron chi connectivity index (χ0n) is 16.4. The Balaban J connectivity index is 1.89. The molecule has 3 aromatic carbocycles. The Morgan fingerprint density at radius 2 is 1.52 bits per heavy atom. The van der Waals surface area contributed by atoms with Gasteiger partial charge in [-0.2, -0.15) is 0 Å². The number of phosphoric acid groups is 1. The number of carbonyl (C=O) groups is 1. The van der Waals surface area contributed by atoms with Crippen LogP contribution in [0.15, 0.2) is 36.4 Å². The molecule has 1 spiro atoms. The van der Waals surface area contributed by atoms with Gasteiger partial charge in [-0.3, -0.25) is 9.79 Å². The van der Waals surface area contributed by atoms with E-state index in [0.29, 0.717) is 16.1 Å². The predicted octanol–water partition coefficient (Wildman–Crippen LogP) is 6.65. The first kappa shape index (κ1) is 22.8. The van der Waals surface area contributed by atoms with Crippen molar-refractivity contribution in [2.45, 2.75) is 12.5 Å². The third kappa shape index (κ3) is 3.43. The van der Waals surface area contributed by atoms with E-state index in [4.69, 9.17) is 60.4 Å². The van der Waals surface area contributed by atoms with Gasteiger partial charge >= 0.3 is 13.8 Å². The predicted molar refractivity (Wildman–Crippen MR) is 122 cm³/mol. The Labute approximate surface area is 206 Å². The first-order valence-corrected chi connectivity index (χ1v) is 12.3. The second-order valence-corrected chi connectivity index (χ2v) is 10.2. The molecule has 1 atom stereocenters. The van der Waals surface area contributed by atoms with E-state index < -0.39 is 19.4 Å². The molecule has 0 radical (unpaired) electrons. The van der Waals surface area contributed by atoms with Crippen molar-refractivity contribution in [2.24, 2.45) is 0 Å². The van der Waals surface area contributed by atoms with Gasteiger partial charge in [0.2, 0.25) is 0 Å².